The Balaban J connectivity index is 1.55. The summed E-state index contributed by atoms with van der Waals surface area (Å²) in [6.07, 6.45) is -4.59. The van der Waals surface area contributed by atoms with E-state index < -0.39 is 29.5 Å². The minimum Gasteiger partial charge on any atom is -0.508 e. The largest absolute Gasteiger partial charge is 0.508 e. The first-order valence-corrected chi connectivity index (χ1v) is 11.2. The van der Waals surface area contributed by atoms with Crippen LogP contribution < -0.4 is 10.2 Å². The van der Waals surface area contributed by atoms with E-state index in [1.54, 1.807) is 47.7 Å². The van der Waals surface area contributed by atoms with Crippen LogP contribution in [-0.4, -0.2) is 40.4 Å². The van der Waals surface area contributed by atoms with Crippen LogP contribution in [0.3, 0.4) is 0 Å². The number of hydrogen-bond donors (Lipinski definition) is 2. The number of benzene rings is 2. The van der Waals surface area contributed by atoms with E-state index in [9.17, 15) is 27.9 Å². The average molecular weight is 502 g/mol. The number of methoxy groups -OCH3 is 1. The molecule has 0 aliphatic carbocycles. The molecule has 1 aliphatic rings. The molecule has 1 atom stereocenters. The summed E-state index contributed by atoms with van der Waals surface area (Å²) in [4.78, 5) is 26.7. The number of ether oxygens (including phenoxy) is 1. The van der Waals surface area contributed by atoms with Gasteiger partial charge in [0.2, 0.25) is 0 Å². The summed E-state index contributed by atoms with van der Waals surface area (Å²) in [7, 11) is 1.30. The monoisotopic (exact) mass is 502 g/mol. The van der Waals surface area contributed by atoms with E-state index >= 15 is 0 Å². The average Bonchev–Trinajstić information content (AvgIpc) is 3.35. The molecule has 1 aromatic heterocycles. The maximum atomic E-state index is 13.3. The van der Waals surface area contributed by atoms with E-state index in [1.165, 1.54) is 13.2 Å². The quantitative estimate of drug-likeness (QED) is 0.490. The predicted octanol–water partition coefficient (Wildman–Crippen LogP) is 4.21. The molecule has 8 nitrogen and oxygen atoms in total. The van der Waals surface area contributed by atoms with Crippen molar-refractivity contribution in [3.63, 3.8) is 0 Å². The van der Waals surface area contributed by atoms with Crippen LogP contribution in [0, 0.1) is 6.92 Å². The van der Waals surface area contributed by atoms with Crippen molar-refractivity contribution >= 4 is 17.7 Å². The lowest BCUT2D eigenvalue weighted by Crippen LogP contribution is -2.29. The Kier molecular flexibility index (Phi) is 6.66. The summed E-state index contributed by atoms with van der Waals surface area (Å²) in [5.41, 5.74) is 1.32. The van der Waals surface area contributed by atoms with Crippen LogP contribution in [0.2, 0.25) is 0 Å². The number of anilines is 1. The topological polar surface area (TPSA) is 96.7 Å². The van der Waals surface area contributed by atoms with Crippen molar-refractivity contribution in [2.24, 2.45) is 0 Å². The fourth-order valence-electron chi connectivity index (χ4n) is 4.31. The van der Waals surface area contributed by atoms with Crippen molar-refractivity contribution in [2.45, 2.75) is 39.2 Å². The van der Waals surface area contributed by atoms with Crippen LogP contribution >= 0.6 is 0 Å². The zero-order valence-electron chi connectivity index (χ0n) is 19.9. The number of phenolic OH excluding ortho intramolecular Hbond substituents is 1. The van der Waals surface area contributed by atoms with Gasteiger partial charge in [-0.15, -0.1) is 0 Å². The summed E-state index contributed by atoms with van der Waals surface area (Å²) in [6, 6.07) is 9.22. The van der Waals surface area contributed by atoms with Crippen LogP contribution in [0.15, 0.2) is 42.5 Å². The molecule has 190 valence electrons. The first-order chi connectivity index (χ1) is 17.0. The molecule has 1 aliphatic heterocycles. The van der Waals surface area contributed by atoms with Gasteiger partial charge in [0.25, 0.3) is 5.91 Å². The van der Waals surface area contributed by atoms with Crippen molar-refractivity contribution in [3.05, 3.63) is 76.0 Å². The smallest absolute Gasteiger partial charge is 0.416 e. The van der Waals surface area contributed by atoms with Gasteiger partial charge in [-0.25, -0.2) is 9.48 Å². The standard InChI is InChI=1S/C25H25F3N4O4/c1-14(17-4-6-18(7-5-17)24(35)36-3)29-22(34)21-15(2)30-32-9-8-31(23(21)32)13-16-10-19(25(26,27)28)12-20(33)11-16/h4-7,10-12,14,33H,8-9,13H2,1-3H3,(H,29,34)/t14-/m0/s1. The normalized spacial score (nSPS) is 13.9. The molecule has 0 saturated carbocycles. The summed E-state index contributed by atoms with van der Waals surface area (Å²) in [5.74, 6) is -0.806. The van der Waals surface area contributed by atoms with Gasteiger partial charge in [-0.1, -0.05) is 12.1 Å². The van der Waals surface area contributed by atoms with E-state index in [2.05, 4.69) is 10.4 Å². The maximum Gasteiger partial charge on any atom is 0.416 e. The molecule has 2 heterocycles. The molecule has 1 amide bonds. The van der Waals surface area contributed by atoms with Crippen molar-refractivity contribution in [2.75, 3.05) is 18.6 Å². The van der Waals surface area contributed by atoms with Gasteiger partial charge in [0.05, 0.1) is 36.5 Å². The lowest BCUT2D eigenvalue weighted by Gasteiger charge is -2.21. The molecule has 0 unspecified atom stereocenters. The fourth-order valence-corrected chi connectivity index (χ4v) is 4.31. The molecule has 0 radical (unpaired) electrons. The summed E-state index contributed by atoms with van der Waals surface area (Å²) in [5, 5.41) is 17.2. The molecule has 4 rings (SSSR count). The Labute approximate surface area is 205 Å². The zero-order valence-corrected chi connectivity index (χ0v) is 19.9. The molecule has 0 bridgehead atoms. The second-order valence-electron chi connectivity index (χ2n) is 8.62. The second-order valence-corrected chi connectivity index (χ2v) is 8.62. The number of amides is 1. The molecular formula is C25H25F3N4O4. The Morgan fingerprint density at radius 3 is 2.50 bits per heavy atom. The molecule has 3 aromatic rings. The Morgan fingerprint density at radius 2 is 1.86 bits per heavy atom. The summed E-state index contributed by atoms with van der Waals surface area (Å²) in [6.45, 7) is 4.48. The van der Waals surface area contributed by atoms with Gasteiger partial charge in [0.1, 0.15) is 17.1 Å². The van der Waals surface area contributed by atoms with Gasteiger partial charge in [0.15, 0.2) is 0 Å². The Bertz CT molecular complexity index is 1300. The fraction of sp³-hybridized carbons (Fsp3) is 0.320. The number of nitrogens with zero attached hydrogens (tertiary/aromatic N) is 3. The predicted molar refractivity (Wildman–Crippen MR) is 125 cm³/mol. The number of nitrogens with one attached hydrogen (secondary N) is 1. The number of esters is 1. The van der Waals surface area contributed by atoms with Gasteiger partial charge < -0.3 is 20.1 Å². The van der Waals surface area contributed by atoms with Crippen molar-refractivity contribution in [1.82, 2.24) is 15.1 Å². The van der Waals surface area contributed by atoms with Gasteiger partial charge in [0, 0.05) is 13.1 Å². The first kappa shape index (κ1) is 25.1. The van der Waals surface area contributed by atoms with Gasteiger partial charge in [-0.2, -0.15) is 18.3 Å². The molecular weight excluding hydrogens is 477 g/mol. The van der Waals surface area contributed by atoms with E-state index in [0.717, 1.165) is 11.6 Å². The summed E-state index contributed by atoms with van der Waals surface area (Å²) < 4.78 is 46.0. The molecule has 11 heteroatoms. The number of carbonyl (C=O) groups excluding carboxylic acids is 2. The highest BCUT2D eigenvalue weighted by Crippen LogP contribution is 2.35. The molecule has 2 N–H and O–H groups in total. The third-order valence-electron chi connectivity index (χ3n) is 6.07. The van der Waals surface area contributed by atoms with Crippen LogP contribution in [0.25, 0.3) is 0 Å². The number of alkyl halides is 3. The van der Waals surface area contributed by atoms with Crippen molar-refractivity contribution < 1.29 is 32.6 Å². The van der Waals surface area contributed by atoms with E-state index in [4.69, 9.17) is 4.74 Å². The number of carbonyl (C=O) groups is 2. The maximum absolute atomic E-state index is 13.3. The number of rotatable bonds is 6. The van der Waals surface area contributed by atoms with Gasteiger partial charge in [-0.05, 0) is 55.3 Å². The third-order valence-corrected chi connectivity index (χ3v) is 6.07. The minimum absolute atomic E-state index is 0.0629. The number of fused-ring (bicyclic) bond motifs is 1. The van der Waals surface area contributed by atoms with Gasteiger partial charge >= 0.3 is 12.1 Å². The van der Waals surface area contributed by atoms with E-state index in [-0.39, 0.29) is 18.0 Å². The number of phenols is 1. The Hall–Kier alpha value is -4.02. The third kappa shape index (κ3) is 5.00. The Morgan fingerprint density at radius 1 is 1.17 bits per heavy atom. The van der Waals surface area contributed by atoms with Crippen molar-refractivity contribution in [3.8, 4) is 5.75 Å². The zero-order chi connectivity index (χ0) is 26.2. The molecule has 0 saturated heterocycles. The number of hydrogen-bond acceptors (Lipinski definition) is 6. The molecule has 0 spiro atoms. The minimum atomic E-state index is -4.59. The number of halogens is 3. The molecule has 0 fully saturated rings. The number of aromatic hydroxyl groups is 1. The van der Waals surface area contributed by atoms with Crippen LogP contribution in [0.1, 0.15) is 56.1 Å². The highest BCUT2D eigenvalue weighted by atomic mass is 19.4. The van der Waals surface area contributed by atoms with E-state index in [1.807, 2.05) is 0 Å². The first-order valence-electron chi connectivity index (χ1n) is 11.2. The van der Waals surface area contributed by atoms with Crippen LogP contribution in [0.4, 0.5) is 19.0 Å². The highest BCUT2D eigenvalue weighted by molar-refractivity contribution is 6.00. The number of aryl methyl sites for hydroxylation is 1. The lowest BCUT2D eigenvalue weighted by molar-refractivity contribution is -0.137. The molecule has 2 aromatic carbocycles. The van der Waals surface area contributed by atoms with Crippen molar-refractivity contribution in [1.29, 1.82) is 0 Å². The summed E-state index contributed by atoms with van der Waals surface area (Å²) >= 11 is 0. The second kappa shape index (κ2) is 9.56. The molecule has 36 heavy (non-hydrogen) atoms. The van der Waals surface area contributed by atoms with Crippen LogP contribution in [0.5, 0.6) is 5.75 Å². The SMILES string of the molecule is COC(=O)c1ccc([C@H](C)NC(=O)c2c(C)nn3c2N(Cc2cc(O)cc(C(F)(F)F)c2)CC3)cc1. The number of aromatic nitrogens is 2. The van der Waals surface area contributed by atoms with Gasteiger partial charge in [-0.3, -0.25) is 4.79 Å². The van der Waals surface area contributed by atoms with Crippen LogP contribution in [-0.2, 0) is 24.0 Å². The van der Waals surface area contributed by atoms with E-state index in [0.29, 0.717) is 41.8 Å². The highest BCUT2D eigenvalue weighted by Gasteiger charge is 2.33. The lowest BCUT2D eigenvalue weighted by atomic mass is 10.1.